The van der Waals surface area contributed by atoms with E-state index in [4.69, 9.17) is 4.74 Å². The zero-order valence-corrected chi connectivity index (χ0v) is 10.5. The molecule has 1 aliphatic heterocycles. The van der Waals surface area contributed by atoms with E-state index in [-0.39, 0.29) is 11.8 Å². The quantitative estimate of drug-likeness (QED) is 0.838. The van der Waals surface area contributed by atoms with Gasteiger partial charge in [-0.3, -0.25) is 4.79 Å². The van der Waals surface area contributed by atoms with E-state index in [9.17, 15) is 9.18 Å². The zero-order chi connectivity index (χ0) is 11.5. The highest BCUT2D eigenvalue weighted by atomic mass is 127. The summed E-state index contributed by atoms with van der Waals surface area (Å²) in [5.74, 6) is -0.248. The minimum Gasteiger partial charge on any atom is -0.381 e. The number of aromatic nitrogens is 1. The molecule has 0 bridgehead atoms. The van der Waals surface area contributed by atoms with Crippen LogP contribution in [0.15, 0.2) is 12.3 Å². The summed E-state index contributed by atoms with van der Waals surface area (Å²) in [7, 11) is 0. The molecule has 0 aromatic carbocycles. The second kappa shape index (κ2) is 5.05. The number of pyridine rings is 1. The van der Waals surface area contributed by atoms with Gasteiger partial charge in [-0.15, -0.1) is 0 Å². The van der Waals surface area contributed by atoms with Crippen molar-refractivity contribution in [3.8, 4) is 0 Å². The Balaban J connectivity index is 2.05. The molecule has 1 fully saturated rings. The molecular formula is C10H10FIN2O2. The van der Waals surface area contributed by atoms with Crippen molar-refractivity contribution < 1.29 is 13.9 Å². The van der Waals surface area contributed by atoms with Crippen molar-refractivity contribution in [2.24, 2.45) is 5.92 Å². The minimum absolute atomic E-state index is 0.116. The van der Waals surface area contributed by atoms with Gasteiger partial charge in [0.1, 0.15) is 11.6 Å². The number of nitrogens with one attached hydrogen (secondary N) is 1. The van der Waals surface area contributed by atoms with Crippen molar-refractivity contribution in [3.05, 3.63) is 21.7 Å². The third kappa shape index (κ3) is 2.67. The lowest BCUT2D eigenvalue weighted by Crippen LogP contribution is -2.23. The van der Waals surface area contributed by atoms with E-state index in [0.29, 0.717) is 22.6 Å². The highest BCUT2D eigenvalue weighted by Crippen LogP contribution is 2.19. The van der Waals surface area contributed by atoms with E-state index in [2.05, 4.69) is 10.3 Å². The maximum absolute atomic E-state index is 12.8. The Hall–Kier alpha value is -0.760. The SMILES string of the molecule is O=C(Nc1ncc(F)cc1I)[C@H]1CCOC1. The number of halogens is 2. The van der Waals surface area contributed by atoms with Gasteiger partial charge in [0.2, 0.25) is 5.91 Å². The van der Waals surface area contributed by atoms with Crippen LogP contribution < -0.4 is 5.32 Å². The molecule has 0 aliphatic carbocycles. The van der Waals surface area contributed by atoms with E-state index in [1.165, 1.54) is 6.07 Å². The predicted octanol–water partition coefficient (Wildman–Crippen LogP) is 1.80. The van der Waals surface area contributed by atoms with Gasteiger partial charge in [0.15, 0.2) is 0 Å². The summed E-state index contributed by atoms with van der Waals surface area (Å²) >= 11 is 1.93. The van der Waals surface area contributed by atoms with Crippen LogP contribution in [0, 0.1) is 15.3 Å². The van der Waals surface area contributed by atoms with Crippen molar-refractivity contribution >= 4 is 34.3 Å². The van der Waals surface area contributed by atoms with Gasteiger partial charge in [0.05, 0.1) is 22.3 Å². The lowest BCUT2D eigenvalue weighted by molar-refractivity contribution is -0.119. The van der Waals surface area contributed by atoms with Crippen LogP contribution in [0.3, 0.4) is 0 Å². The molecule has 1 N–H and O–H groups in total. The number of carbonyl (C=O) groups is 1. The maximum atomic E-state index is 12.8. The molecule has 1 aliphatic rings. The van der Waals surface area contributed by atoms with Gasteiger partial charge < -0.3 is 10.1 Å². The monoisotopic (exact) mass is 336 g/mol. The normalized spacial score (nSPS) is 19.8. The fraction of sp³-hybridized carbons (Fsp3) is 0.400. The number of hydrogen-bond donors (Lipinski definition) is 1. The Morgan fingerprint density at radius 1 is 1.69 bits per heavy atom. The van der Waals surface area contributed by atoms with Gasteiger partial charge in [-0.1, -0.05) is 0 Å². The first-order valence-corrected chi connectivity index (χ1v) is 5.94. The van der Waals surface area contributed by atoms with Crippen LogP contribution in [0.5, 0.6) is 0 Å². The molecule has 2 heterocycles. The Labute approximate surface area is 106 Å². The molecular weight excluding hydrogens is 326 g/mol. The second-order valence-corrected chi connectivity index (χ2v) is 4.70. The Bertz CT molecular complexity index is 408. The molecule has 1 amide bonds. The van der Waals surface area contributed by atoms with E-state index in [1.807, 2.05) is 22.6 Å². The first-order valence-electron chi connectivity index (χ1n) is 4.86. The Morgan fingerprint density at radius 3 is 3.12 bits per heavy atom. The van der Waals surface area contributed by atoms with Gasteiger partial charge in [-0.2, -0.15) is 0 Å². The maximum Gasteiger partial charge on any atom is 0.231 e. The standard InChI is InChI=1S/C10H10FIN2O2/c11-7-3-8(12)9(13-4-7)14-10(15)6-1-2-16-5-6/h3-4,6H,1-2,5H2,(H,13,14,15)/t6-/m0/s1. The molecule has 1 atom stereocenters. The van der Waals surface area contributed by atoms with E-state index < -0.39 is 5.82 Å². The number of anilines is 1. The van der Waals surface area contributed by atoms with Gasteiger partial charge in [0.25, 0.3) is 0 Å². The van der Waals surface area contributed by atoms with Crippen LogP contribution in [-0.2, 0) is 9.53 Å². The number of rotatable bonds is 2. The van der Waals surface area contributed by atoms with Crippen LogP contribution in [0.1, 0.15) is 6.42 Å². The number of ether oxygens (including phenoxy) is 1. The molecule has 1 aromatic rings. The highest BCUT2D eigenvalue weighted by molar-refractivity contribution is 14.1. The topological polar surface area (TPSA) is 51.2 Å². The number of hydrogen-bond acceptors (Lipinski definition) is 3. The first-order chi connectivity index (χ1) is 7.66. The summed E-state index contributed by atoms with van der Waals surface area (Å²) in [5.41, 5.74) is 0. The van der Waals surface area contributed by atoms with Crippen molar-refractivity contribution in [1.82, 2.24) is 4.98 Å². The molecule has 1 saturated heterocycles. The van der Waals surface area contributed by atoms with Crippen LogP contribution >= 0.6 is 22.6 Å². The number of amides is 1. The number of nitrogens with zero attached hydrogens (tertiary/aromatic N) is 1. The number of carbonyl (C=O) groups excluding carboxylic acids is 1. The van der Waals surface area contributed by atoms with Gasteiger partial charge in [-0.05, 0) is 35.1 Å². The second-order valence-electron chi connectivity index (χ2n) is 3.53. The van der Waals surface area contributed by atoms with Gasteiger partial charge >= 0.3 is 0 Å². The average molecular weight is 336 g/mol. The summed E-state index contributed by atoms with van der Waals surface area (Å²) < 4.78 is 18.5. The van der Waals surface area contributed by atoms with E-state index in [1.54, 1.807) is 0 Å². The van der Waals surface area contributed by atoms with Crippen LogP contribution in [-0.4, -0.2) is 24.1 Å². The van der Waals surface area contributed by atoms with Crippen molar-refractivity contribution in [3.63, 3.8) is 0 Å². The largest absolute Gasteiger partial charge is 0.381 e. The zero-order valence-electron chi connectivity index (χ0n) is 8.37. The smallest absolute Gasteiger partial charge is 0.231 e. The molecule has 16 heavy (non-hydrogen) atoms. The molecule has 0 saturated carbocycles. The van der Waals surface area contributed by atoms with Gasteiger partial charge in [-0.25, -0.2) is 9.37 Å². The summed E-state index contributed by atoms with van der Waals surface area (Å²) in [6, 6.07) is 1.33. The van der Waals surface area contributed by atoms with E-state index >= 15 is 0 Å². The molecule has 86 valence electrons. The molecule has 2 rings (SSSR count). The van der Waals surface area contributed by atoms with Crippen molar-refractivity contribution in [1.29, 1.82) is 0 Å². The summed E-state index contributed by atoms with van der Waals surface area (Å²) in [5, 5.41) is 2.68. The molecule has 6 heteroatoms. The minimum atomic E-state index is -0.411. The molecule has 4 nitrogen and oxygen atoms in total. The van der Waals surface area contributed by atoms with Crippen molar-refractivity contribution in [2.75, 3.05) is 18.5 Å². The van der Waals surface area contributed by atoms with E-state index in [0.717, 1.165) is 12.6 Å². The van der Waals surface area contributed by atoms with Gasteiger partial charge in [0, 0.05) is 6.61 Å². The lowest BCUT2D eigenvalue weighted by atomic mass is 10.1. The van der Waals surface area contributed by atoms with Crippen molar-refractivity contribution in [2.45, 2.75) is 6.42 Å². The summed E-state index contributed by atoms with van der Waals surface area (Å²) in [4.78, 5) is 15.6. The molecule has 1 aromatic heterocycles. The molecule has 0 unspecified atom stereocenters. The first kappa shape index (κ1) is 11.7. The third-order valence-corrected chi connectivity index (χ3v) is 3.17. The average Bonchev–Trinajstić information content (AvgIpc) is 2.75. The highest BCUT2D eigenvalue weighted by Gasteiger charge is 2.24. The Kier molecular flexibility index (Phi) is 3.70. The predicted molar refractivity (Wildman–Crippen MR) is 64.5 cm³/mol. The van der Waals surface area contributed by atoms with Crippen LogP contribution in [0.4, 0.5) is 10.2 Å². The van der Waals surface area contributed by atoms with Crippen LogP contribution in [0.25, 0.3) is 0 Å². The molecule has 0 spiro atoms. The Morgan fingerprint density at radius 2 is 2.50 bits per heavy atom. The fourth-order valence-corrected chi connectivity index (χ4v) is 2.04. The van der Waals surface area contributed by atoms with Crippen LogP contribution in [0.2, 0.25) is 0 Å². The summed E-state index contributed by atoms with van der Waals surface area (Å²) in [6.07, 6.45) is 1.81. The summed E-state index contributed by atoms with van der Waals surface area (Å²) in [6.45, 7) is 1.07. The lowest BCUT2D eigenvalue weighted by Gasteiger charge is -2.09. The third-order valence-electron chi connectivity index (χ3n) is 2.35. The fourth-order valence-electron chi connectivity index (χ4n) is 1.47. The molecule has 0 radical (unpaired) electrons.